The van der Waals surface area contributed by atoms with Crippen LogP contribution in [0.5, 0.6) is 11.5 Å². The molecule has 2 atom stereocenters. The number of nitrogens with zero attached hydrogens (tertiary/aromatic N) is 2. The first-order valence-electron chi connectivity index (χ1n) is 15.4. The minimum atomic E-state index is -4.35. The fourth-order valence-corrected chi connectivity index (χ4v) is 6.95. The van der Waals surface area contributed by atoms with Crippen molar-refractivity contribution >= 4 is 50.7 Å². The van der Waals surface area contributed by atoms with Gasteiger partial charge in [0.05, 0.1) is 24.8 Å². The molecule has 4 aromatic rings. The van der Waals surface area contributed by atoms with Crippen LogP contribution in [0.2, 0.25) is 10.0 Å². The maximum atomic E-state index is 14.7. The number of benzene rings is 4. The first kappa shape index (κ1) is 36.6. The van der Waals surface area contributed by atoms with Gasteiger partial charge in [-0.15, -0.1) is 0 Å². The molecule has 0 aromatic heterocycles. The van der Waals surface area contributed by atoms with E-state index < -0.39 is 28.5 Å². The smallest absolute Gasteiger partial charge is 0.264 e. The lowest BCUT2D eigenvalue weighted by Gasteiger charge is -2.34. The van der Waals surface area contributed by atoms with Gasteiger partial charge in [-0.3, -0.25) is 13.9 Å². The second-order valence-electron chi connectivity index (χ2n) is 11.1. The highest BCUT2D eigenvalue weighted by molar-refractivity contribution is 7.92. The number of nitrogens with one attached hydrogen (secondary N) is 1. The number of sulfonamides is 1. The van der Waals surface area contributed by atoms with Crippen LogP contribution in [0.3, 0.4) is 0 Å². The van der Waals surface area contributed by atoms with Crippen molar-refractivity contribution in [1.29, 1.82) is 0 Å². The Kier molecular flexibility index (Phi) is 12.7. The van der Waals surface area contributed by atoms with Crippen molar-refractivity contribution in [2.75, 3.05) is 25.1 Å². The van der Waals surface area contributed by atoms with E-state index in [1.165, 1.54) is 43.4 Å². The van der Waals surface area contributed by atoms with Crippen LogP contribution in [0.25, 0.3) is 0 Å². The van der Waals surface area contributed by atoms with Crippen LogP contribution in [0.15, 0.2) is 102 Å². The molecule has 0 radical (unpaired) electrons. The summed E-state index contributed by atoms with van der Waals surface area (Å²) < 4.78 is 40.4. The number of halogens is 2. The summed E-state index contributed by atoms with van der Waals surface area (Å²) >= 11 is 12.8. The average Bonchev–Trinajstić information content (AvgIpc) is 3.09. The lowest BCUT2D eigenvalue weighted by atomic mass is 10.0. The molecule has 0 bridgehead atoms. The first-order chi connectivity index (χ1) is 23.0. The summed E-state index contributed by atoms with van der Waals surface area (Å²) in [4.78, 5) is 30.0. The molecule has 0 unspecified atom stereocenters. The highest BCUT2D eigenvalue weighted by atomic mass is 35.5. The summed E-state index contributed by atoms with van der Waals surface area (Å²) in [5.41, 5.74) is 1.50. The predicted molar refractivity (Wildman–Crippen MR) is 189 cm³/mol. The van der Waals surface area contributed by atoms with Crippen LogP contribution in [0, 0.1) is 0 Å². The summed E-state index contributed by atoms with van der Waals surface area (Å²) in [5.74, 6) is -0.307. The van der Waals surface area contributed by atoms with Crippen LogP contribution < -0.4 is 19.1 Å². The van der Waals surface area contributed by atoms with Crippen molar-refractivity contribution in [2.45, 2.75) is 50.2 Å². The fraction of sp³-hybridized carbons (Fsp3) is 0.278. The third-order valence-electron chi connectivity index (χ3n) is 7.91. The van der Waals surface area contributed by atoms with Crippen LogP contribution in [-0.4, -0.2) is 58.0 Å². The Morgan fingerprint density at radius 1 is 0.875 bits per heavy atom. The molecule has 0 saturated carbocycles. The van der Waals surface area contributed by atoms with Gasteiger partial charge in [0.2, 0.25) is 11.8 Å². The highest BCUT2D eigenvalue weighted by Gasteiger charge is 2.36. The number of amides is 2. The summed E-state index contributed by atoms with van der Waals surface area (Å²) in [5, 5.41) is 3.72. The number of hydrogen-bond donors (Lipinski definition) is 1. The van der Waals surface area contributed by atoms with Crippen molar-refractivity contribution in [3.8, 4) is 11.5 Å². The lowest BCUT2D eigenvalue weighted by Crippen LogP contribution is -2.54. The van der Waals surface area contributed by atoms with E-state index in [1.54, 1.807) is 42.5 Å². The van der Waals surface area contributed by atoms with E-state index in [9.17, 15) is 18.0 Å². The van der Waals surface area contributed by atoms with Gasteiger partial charge in [0.25, 0.3) is 10.0 Å². The Morgan fingerprint density at radius 3 is 2.17 bits per heavy atom. The van der Waals surface area contributed by atoms with Gasteiger partial charge in [0.1, 0.15) is 24.1 Å². The second kappa shape index (κ2) is 16.7. The molecule has 4 aromatic carbocycles. The second-order valence-corrected chi connectivity index (χ2v) is 13.8. The number of para-hydroxylation sites is 2. The van der Waals surface area contributed by atoms with E-state index >= 15 is 0 Å². The summed E-state index contributed by atoms with van der Waals surface area (Å²) in [6.07, 6.45) is 0.836. The maximum Gasteiger partial charge on any atom is 0.264 e. The number of carbonyl (C=O) groups is 2. The van der Waals surface area contributed by atoms with Crippen molar-refractivity contribution in [2.24, 2.45) is 0 Å². The van der Waals surface area contributed by atoms with Crippen LogP contribution in [0.4, 0.5) is 5.69 Å². The van der Waals surface area contributed by atoms with E-state index in [1.807, 2.05) is 44.2 Å². The van der Waals surface area contributed by atoms with Gasteiger partial charge < -0.3 is 19.7 Å². The van der Waals surface area contributed by atoms with Crippen molar-refractivity contribution in [1.82, 2.24) is 10.2 Å². The molecule has 12 heteroatoms. The normalized spacial score (nSPS) is 12.5. The first-order valence-corrected chi connectivity index (χ1v) is 17.6. The topological polar surface area (TPSA) is 105 Å². The molecular formula is C36H39Cl2N3O6S. The Labute approximate surface area is 292 Å². The number of anilines is 1. The molecule has 0 aliphatic rings. The molecule has 0 fully saturated rings. The zero-order chi connectivity index (χ0) is 34.8. The van der Waals surface area contributed by atoms with E-state index in [0.29, 0.717) is 27.8 Å². The molecule has 0 heterocycles. The third-order valence-corrected chi connectivity index (χ3v) is 10.3. The molecule has 0 aliphatic carbocycles. The Morgan fingerprint density at radius 2 is 1.54 bits per heavy atom. The zero-order valence-electron chi connectivity index (χ0n) is 27.2. The molecule has 4 rings (SSSR count). The molecule has 0 spiro atoms. The van der Waals surface area contributed by atoms with Crippen molar-refractivity contribution < 1.29 is 27.5 Å². The molecular weight excluding hydrogens is 673 g/mol. The Hall–Kier alpha value is -4.25. The molecule has 1 N–H and O–H groups in total. The SMILES string of the molecule is CC[C@H](C)NC(=O)[C@H](Cc1ccccc1)N(Cc1ccc(Cl)cc1Cl)C(=O)CN(c1ccccc1OC)S(=O)(=O)c1ccc(OC)cc1. The Bertz CT molecular complexity index is 1810. The average molecular weight is 713 g/mol. The van der Waals surface area contributed by atoms with E-state index in [-0.39, 0.29) is 41.2 Å². The summed E-state index contributed by atoms with van der Waals surface area (Å²) in [6, 6.07) is 25.4. The molecule has 9 nitrogen and oxygen atoms in total. The van der Waals surface area contributed by atoms with E-state index in [2.05, 4.69) is 5.32 Å². The largest absolute Gasteiger partial charge is 0.497 e. The Balaban J connectivity index is 1.85. The number of rotatable bonds is 15. The number of methoxy groups -OCH3 is 2. The van der Waals surface area contributed by atoms with Gasteiger partial charge in [0.15, 0.2) is 0 Å². The van der Waals surface area contributed by atoms with E-state index in [0.717, 1.165) is 9.87 Å². The minimum absolute atomic E-state index is 0.0651. The lowest BCUT2D eigenvalue weighted by molar-refractivity contribution is -0.140. The number of hydrogen-bond acceptors (Lipinski definition) is 6. The van der Waals surface area contributed by atoms with Gasteiger partial charge in [-0.05, 0) is 73.0 Å². The minimum Gasteiger partial charge on any atom is -0.497 e. The highest BCUT2D eigenvalue weighted by Crippen LogP contribution is 2.33. The van der Waals surface area contributed by atoms with Crippen LogP contribution >= 0.6 is 23.2 Å². The third kappa shape index (κ3) is 9.00. The van der Waals surface area contributed by atoms with Gasteiger partial charge in [0, 0.05) is 29.1 Å². The van der Waals surface area contributed by atoms with Crippen molar-refractivity contribution in [3.63, 3.8) is 0 Å². The van der Waals surface area contributed by atoms with E-state index in [4.69, 9.17) is 32.7 Å². The molecule has 48 heavy (non-hydrogen) atoms. The van der Waals surface area contributed by atoms with Gasteiger partial charge in [-0.1, -0.05) is 78.7 Å². The number of carbonyl (C=O) groups excluding carboxylic acids is 2. The van der Waals surface area contributed by atoms with Gasteiger partial charge in [-0.2, -0.15) is 0 Å². The van der Waals surface area contributed by atoms with Crippen LogP contribution in [-0.2, 0) is 32.6 Å². The fourth-order valence-electron chi connectivity index (χ4n) is 5.05. The summed E-state index contributed by atoms with van der Waals surface area (Å²) in [7, 11) is -1.45. The van der Waals surface area contributed by atoms with Gasteiger partial charge >= 0.3 is 0 Å². The maximum absolute atomic E-state index is 14.7. The zero-order valence-corrected chi connectivity index (χ0v) is 29.6. The predicted octanol–water partition coefficient (Wildman–Crippen LogP) is 6.76. The molecule has 254 valence electrons. The van der Waals surface area contributed by atoms with Gasteiger partial charge in [-0.25, -0.2) is 8.42 Å². The van der Waals surface area contributed by atoms with Crippen LogP contribution in [0.1, 0.15) is 31.4 Å². The molecule has 0 saturated heterocycles. The molecule has 2 amide bonds. The monoisotopic (exact) mass is 711 g/mol. The quantitative estimate of drug-likeness (QED) is 0.146. The number of ether oxygens (including phenoxy) is 2. The van der Waals surface area contributed by atoms with Crippen molar-refractivity contribution in [3.05, 3.63) is 118 Å². The summed E-state index contributed by atoms with van der Waals surface area (Å²) in [6.45, 7) is 3.08. The standard InChI is InChI=1S/C36H39Cl2N3O6S/c1-5-25(2)39-36(43)33(21-26-11-7-6-8-12-26)40(23-27-15-16-28(37)22-31(27)38)35(42)24-41(32-13-9-10-14-34(32)47-4)48(44,45)30-19-17-29(46-3)18-20-30/h6-20,22,25,33H,5,21,23-24H2,1-4H3,(H,39,43)/t25-,33-/m0/s1. The molecule has 0 aliphatic heterocycles.